The van der Waals surface area contributed by atoms with Gasteiger partial charge in [0, 0.05) is 32.2 Å². The van der Waals surface area contributed by atoms with E-state index in [-0.39, 0.29) is 19.1 Å². The van der Waals surface area contributed by atoms with Crippen molar-refractivity contribution in [3.05, 3.63) is 0 Å². The summed E-state index contributed by atoms with van der Waals surface area (Å²) in [6.45, 7) is 5.73. The lowest BCUT2D eigenvalue weighted by Gasteiger charge is -2.24. The fourth-order valence-electron chi connectivity index (χ4n) is 2.53. The quantitative estimate of drug-likeness (QED) is 0.555. The van der Waals surface area contributed by atoms with Crippen LogP contribution in [0, 0.1) is 11.8 Å². The second kappa shape index (κ2) is 7.98. The number of carbonyl (C=O) groups excluding carboxylic acids is 3. The van der Waals surface area contributed by atoms with Gasteiger partial charge in [-0.2, -0.15) is 0 Å². The van der Waals surface area contributed by atoms with E-state index in [1.165, 1.54) is 4.90 Å². The molecule has 1 rings (SSSR count). The van der Waals surface area contributed by atoms with E-state index in [0.29, 0.717) is 12.6 Å². The van der Waals surface area contributed by atoms with Crippen molar-refractivity contribution in [3.63, 3.8) is 0 Å². The maximum Gasteiger partial charge on any atom is 0.317 e. The van der Waals surface area contributed by atoms with E-state index in [1.54, 1.807) is 0 Å². The number of likely N-dealkylation sites (tertiary alicyclic amines) is 1. The highest BCUT2D eigenvalue weighted by Crippen LogP contribution is 2.22. The summed E-state index contributed by atoms with van der Waals surface area (Å²) in [7, 11) is 2.00. The van der Waals surface area contributed by atoms with Crippen molar-refractivity contribution in [2.24, 2.45) is 23.3 Å². The van der Waals surface area contributed by atoms with E-state index < -0.39 is 23.7 Å². The van der Waals surface area contributed by atoms with Crippen LogP contribution in [-0.4, -0.2) is 66.9 Å². The van der Waals surface area contributed by atoms with Gasteiger partial charge in [-0.1, -0.05) is 6.92 Å². The van der Waals surface area contributed by atoms with Gasteiger partial charge in [-0.15, -0.1) is 0 Å². The Hall–Kier alpha value is -1.83. The zero-order chi connectivity index (χ0) is 16.9. The highest BCUT2D eigenvalue weighted by Gasteiger charge is 2.41. The minimum atomic E-state index is -0.703. The fourth-order valence-corrected chi connectivity index (χ4v) is 2.53. The van der Waals surface area contributed by atoms with Crippen LogP contribution in [0.15, 0.2) is 0 Å². The molecule has 0 aromatic carbocycles. The summed E-state index contributed by atoms with van der Waals surface area (Å²) < 4.78 is 0. The summed E-state index contributed by atoms with van der Waals surface area (Å²) in [4.78, 5) is 38.4. The average Bonchev–Trinajstić information content (AvgIpc) is 2.91. The van der Waals surface area contributed by atoms with Crippen molar-refractivity contribution in [2.75, 3.05) is 33.2 Å². The predicted octanol–water partition coefficient (Wildman–Crippen LogP) is -1.06. The van der Waals surface area contributed by atoms with Gasteiger partial charge in [0.05, 0.1) is 11.8 Å². The maximum atomic E-state index is 12.1. The fraction of sp³-hybridized carbons (Fsp3) is 0.786. The molecule has 0 saturated carbocycles. The summed E-state index contributed by atoms with van der Waals surface area (Å²) in [5.74, 6) is -2.61. The van der Waals surface area contributed by atoms with Gasteiger partial charge in [0.2, 0.25) is 11.8 Å². The van der Waals surface area contributed by atoms with Crippen LogP contribution >= 0.6 is 0 Å². The monoisotopic (exact) mass is 313 g/mol. The largest absolute Gasteiger partial charge is 0.369 e. The van der Waals surface area contributed by atoms with Crippen molar-refractivity contribution in [3.8, 4) is 0 Å². The molecule has 8 heteroatoms. The van der Waals surface area contributed by atoms with Crippen LogP contribution in [0.5, 0.6) is 0 Å². The molecule has 0 aromatic rings. The van der Waals surface area contributed by atoms with Crippen LogP contribution in [0.25, 0.3) is 0 Å². The van der Waals surface area contributed by atoms with E-state index in [1.807, 2.05) is 7.05 Å². The lowest BCUT2D eigenvalue weighted by atomic mass is 9.95. The van der Waals surface area contributed by atoms with Crippen LogP contribution in [0.4, 0.5) is 4.79 Å². The van der Waals surface area contributed by atoms with Crippen LogP contribution in [-0.2, 0) is 9.59 Å². The van der Waals surface area contributed by atoms with Crippen molar-refractivity contribution in [2.45, 2.75) is 26.3 Å². The van der Waals surface area contributed by atoms with E-state index >= 15 is 0 Å². The number of primary amides is 2. The molecule has 1 aliphatic rings. The van der Waals surface area contributed by atoms with Crippen LogP contribution in [0.1, 0.15) is 20.3 Å². The van der Waals surface area contributed by atoms with Crippen molar-refractivity contribution in [1.82, 2.24) is 15.1 Å². The number of rotatable bonds is 7. The number of nitrogens with one attached hydrogen (secondary N) is 1. The van der Waals surface area contributed by atoms with Crippen LogP contribution in [0.3, 0.4) is 0 Å². The van der Waals surface area contributed by atoms with Crippen molar-refractivity contribution < 1.29 is 14.4 Å². The average molecular weight is 313 g/mol. The molecule has 0 bridgehead atoms. The van der Waals surface area contributed by atoms with E-state index in [0.717, 1.165) is 13.0 Å². The van der Waals surface area contributed by atoms with Gasteiger partial charge in [0.25, 0.3) is 0 Å². The molecule has 1 saturated heterocycles. The maximum absolute atomic E-state index is 12.1. The molecule has 3 unspecified atom stereocenters. The molecule has 0 aliphatic carbocycles. The summed E-state index contributed by atoms with van der Waals surface area (Å²) in [6, 6.07) is 0.148. The smallest absolute Gasteiger partial charge is 0.317 e. The minimum Gasteiger partial charge on any atom is -0.369 e. The Morgan fingerprint density at radius 3 is 2.14 bits per heavy atom. The van der Waals surface area contributed by atoms with Gasteiger partial charge < -0.3 is 26.6 Å². The Morgan fingerprint density at radius 2 is 1.73 bits per heavy atom. The molecule has 126 valence electrons. The predicted molar refractivity (Wildman–Crippen MR) is 82.7 cm³/mol. The lowest BCUT2D eigenvalue weighted by Crippen LogP contribution is -2.43. The SMILES string of the molecule is CCC(C)N(C)CCNC(=O)N1CC(C(N)=O)C(C(N)=O)C1. The molecule has 0 aromatic heterocycles. The molecule has 5 N–H and O–H groups in total. The Balaban J connectivity index is 2.47. The number of hydrogen-bond acceptors (Lipinski definition) is 4. The zero-order valence-corrected chi connectivity index (χ0v) is 13.5. The second-order valence-electron chi connectivity index (χ2n) is 5.89. The normalized spacial score (nSPS) is 22.6. The number of carbonyl (C=O) groups is 3. The first kappa shape index (κ1) is 18.2. The highest BCUT2D eigenvalue weighted by molar-refractivity contribution is 5.88. The number of nitrogens with zero attached hydrogens (tertiary/aromatic N) is 2. The van der Waals surface area contributed by atoms with Gasteiger partial charge in [-0.3, -0.25) is 9.59 Å². The third kappa shape index (κ3) is 4.59. The Labute approximate surface area is 131 Å². The third-order valence-electron chi connectivity index (χ3n) is 4.42. The minimum absolute atomic E-state index is 0.135. The molecule has 8 nitrogen and oxygen atoms in total. The molecule has 0 radical (unpaired) electrons. The number of amides is 4. The Bertz CT molecular complexity index is 407. The van der Waals surface area contributed by atoms with Crippen molar-refractivity contribution >= 4 is 17.8 Å². The number of urea groups is 1. The Kier molecular flexibility index (Phi) is 6.61. The molecular weight excluding hydrogens is 286 g/mol. The first-order valence-corrected chi connectivity index (χ1v) is 7.59. The molecular formula is C14H27N5O3. The molecule has 0 spiro atoms. The molecule has 3 atom stereocenters. The highest BCUT2D eigenvalue weighted by atomic mass is 16.2. The van der Waals surface area contributed by atoms with Gasteiger partial charge in [0.15, 0.2) is 0 Å². The topological polar surface area (TPSA) is 122 Å². The zero-order valence-electron chi connectivity index (χ0n) is 13.5. The standard InChI is InChI=1S/C14H27N5O3/c1-4-9(2)18(3)6-5-17-14(22)19-7-10(12(15)20)11(8-19)13(16)21/h9-11H,4-8H2,1-3H3,(H2,15,20)(H2,16,21)(H,17,22). The third-order valence-corrected chi connectivity index (χ3v) is 4.42. The van der Waals surface area contributed by atoms with E-state index in [2.05, 4.69) is 24.1 Å². The second-order valence-corrected chi connectivity index (χ2v) is 5.89. The van der Waals surface area contributed by atoms with Gasteiger partial charge >= 0.3 is 6.03 Å². The molecule has 1 fully saturated rings. The number of hydrogen-bond donors (Lipinski definition) is 3. The number of nitrogens with two attached hydrogens (primary N) is 2. The number of likely N-dealkylation sites (N-methyl/N-ethyl adjacent to an activating group) is 1. The first-order valence-electron chi connectivity index (χ1n) is 7.59. The Morgan fingerprint density at radius 1 is 1.23 bits per heavy atom. The summed E-state index contributed by atoms with van der Waals surface area (Å²) in [5, 5.41) is 2.79. The van der Waals surface area contributed by atoms with Crippen LogP contribution < -0.4 is 16.8 Å². The van der Waals surface area contributed by atoms with Gasteiger partial charge in [-0.05, 0) is 20.4 Å². The molecule has 1 heterocycles. The van der Waals surface area contributed by atoms with E-state index in [9.17, 15) is 14.4 Å². The van der Waals surface area contributed by atoms with Crippen molar-refractivity contribution in [1.29, 1.82) is 0 Å². The molecule has 1 aliphatic heterocycles. The molecule has 22 heavy (non-hydrogen) atoms. The summed E-state index contributed by atoms with van der Waals surface area (Å²) >= 11 is 0. The van der Waals surface area contributed by atoms with Crippen LogP contribution in [0.2, 0.25) is 0 Å². The lowest BCUT2D eigenvalue weighted by molar-refractivity contribution is -0.129. The van der Waals surface area contributed by atoms with Gasteiger partial charge in [0.1, 0.15) is 0 Å². The first-order chi connectivity index (χ1) is 10.3. The molecule has 4 amide bonds. The summed E-state index contributed by atoms with van der Waals surface area (Å²) in [5.41, 5.74) is 10.5. The summed E-state index contributed by atoms with van der Waals surface area (Å²) in [6.07, 6.45) is 1.04. The van der Waals surface area contributed by atoms with Gasteiger partial charge in [-0.25, -0.2) is 4.79 Å². The van der Waals surface area contributed by atoms with E-state index in [4.69, 9.17) is 11.5 Å².